The average molecular weight is 509 g/mol. The Balaban J connectivity index is 1.59. The van der Waals surface area contributed by atoms with Gasteiger partial charge in [-0.05, 0) is 43.4 Å². The highest BCUT2D eigenvalue weighted by Gasteiger charge is 2.35. The molecular formula is C24H22F3N9O. The molecule has 13 heteroatoms. The van der Waals surface area contributed by atoms with Crippen LogP contribution in [0, 0.1) is 17.2 Å². The van der Waals surface area contributed by atoms with Crippen LogP contribution in [0.5, 0.6) is 0 Å². The van der Waals surface area contributed by atoms with Crippen LogP contribution in [-0.4, -0.2) is 41.7 Å². The summed E-state index contributed by atoms with van der Waals surface area (Å²) in [6.45, 7) is 1.68. The van der Waals surface area contributed by atoms with Crippen LogP contribution < -0.4 is 10.5 Å². The summed E-state index contributed by atoms with van der Waals surface area (Å²) in [7, 11) is 1.79. The van der Waals surface area contributed by atoms with Crippen molar-refractivity contribution in [3.63, 3.8) is 0 Å². The number of nitriles is 1. The molecule has 4 heterocycles. The van der Waals surface area contributed by atoms with Crippen molar-refractivity contribution in [2.24, 2.45) is 5.92 Å². The highest BCUT2D eigenvalue weighted by molar-refractivity contribution is 5.81. The largest absolute Gasteiger partial charge is 0.433 e. The number of hydrogen-bond donors (Lipinski definition) is 1. The third-order valence-corrected chi connectivity index (χ3v) is 6.78. The Labute approximate surface area is 208 Å². The van der Waals surface area contributed by atoms with E-state index in [4.69, 9.17) is 0 Å². The summed E-state index contributed by atoms with van der Waals surface area (Å²) in [5.41, 5.74) is -1.16. The van der Waals surface area contributed by atoms with E-state index >= 15 is 0 Å². The maximum Gasteiger partial charge on any atom is 0.433 e. The van der Waals surface area contributed by atoms with Gasteiger partial charge in [0.1, 0.15) is 17.1 Å². The first-order chi connectivity index (χ1) is 17.7. The fraction of sp³-hybridized carbons (Fsp3) is 0.375. The van der Waals surface area contributed by atoms with Gasteiger partial charge in [-0.25, -0.2) is 14.6 Å². The van der Waals surface area contributed by atoms with Gasteiger partial charge in [-0.3, -0.25) is 14.8 Å². The lowest BCUT2D eigenvalue weighted by Crippen LogP contribution is -2.37. The number of hydrogen-bond acceptors (Lipinski definition) is 8. The molecule has 1 aliphatic carbocycles. The molecule has 37 heavy (non-hydrogen) atoms. The summed E-state index contributed by atoms with van der Waals surface area (Å²) >= 11 is 0. The maximum atomic E-state index is 13.1. The van der Waals surface area contributed by atoms with Crippen LogP contribution in [0.25, 0.3) is 11.0 Å². The van der Waals surface area contributed by atoms with Gasteiger partial charge in [0.05, 0.1) is 12.1 Å². The Bertz CT molecular complexity index is 1520. The van der Waals surface area contributed by atoms with Crippen LogP contribution in [0.4, 0.5) is 19.1 Å². The summed E-state index contributed by atoms with van der Waals surface area (Å²) in [6, 6.07) is 4.91. The molecule has 0 amide bonds. The maximum absolute atomic E-state index is 13.1. The predicted molar refractivity (Wildman–Crippen MR) is 126 cm³/mol. The molecule has 10 nitrogen and oxygen atoms in total. The molecule has 2 atom stereocenters. The topological polar surface area (TPSA) is 129 Å². The molecule has 0 spiro atoms. The van der Waals surface area contributed by atoms with Crippen LogP contribution in [0.1, 0.15) is 61.0 Å². The monoisotopic (exact) mass is 509 g/mol. The van der Waals surface area contributed by atoms with Gasteiger partial charge in [0.25, 0.3) is 5.56 Å². The lowest BCUT2D eigenvalue weighted by molar-refractivity contribution is -0.141. The third kappa shape index (κ3) is 4.39. The summed E-state index contributed by atoms with van der Waals surface area (Å²) in [6.07, 6.45) is 2.91. The molecule has 1 fully saturated rings. The van der Waals surface area contributed by atoms with Crippen molar-refractivity contribution in [3.05, 3.63) is 69.9 Å². The van der Waals surface area contributed by atoms with Crippen molar-refractivity contribution in [1.29, 1.82) is 5.26 Å². The molecule has 1 saturated carbocycles. The molecule has 2 unspecified atom stereocenters. The Kier molecular flexibility index (Phi) is 6.10. The van der Waals surface area contributed by atoms with Crippen molar-refractivity contribution in [1.82, 2.24) is 34.7 Å². The number of pyridine rings is 1. The number of aromatic nitrogens is 7. The lowest BCUT2D eigenvalue weighted by atomic mass is 9.79. The van der Waals surface area contributed by atoms with E-state index in [2.05, 4.69) is 30.0 Å². The molecule has 1 N–H and O–H groups in total. The fourth-order valence-electron chi connectivity index (χ4n) is 4.56. The van der Waals surface area contributed by atoms with Crippen molar-refractivity contribution in [3.8, 4) is 6.07 Å². The van der Waals surface area contributed by atoms with Gasteiger partial charge < -0.3 is 4.90 Å². The first kappa shape index (κ1) is 24.4. The van der Waals surface area contributed by atoms with Crippen LogP contribution in [0.15, 0.2) is 41.6 Å². The molecule has 4 aromatic rings. The molecule has 5 rings (SSSR count). The smallest absolute Gasteiger partial charge is 0.335 e. The van der Waals surface area contributed by atoms with Crippen molar-refractivity contribution in [2.45, 2.75) is 44.4 Å². The van der Waals surface area contributed by atoms with E-state index in [0.717, 1.165) is 31.5 Å². The molecule has 0 aromatic carbocycles. The Morgan fingerprint density at radius 3 is 2.51 bits per heavy atom. The highest BCUT2D eigenvalue weighted by atomic mass is 19.4. The summed E-state index contributed by atoms with van der Waals surface area (Å²) in [5, 5.41) is 13.9. The van der Waals surface area contributed by atoms with E-state index in [0.29, 0.717) is 11.4 Å². The number of rotatable bonds is 6. The fourth-order valence-corrected chi connectivity index (χ4v) is 4.56. The Hall–Kier alpha value is -4.34. The van der Waals surface area contributed by atoms with E-state index in [9.17, 15) is 23.2 Å². The number of halogens is 3. The number of anilines is 1. The van der Waals surface area contributed by atoms with E-state index in [-0.39, 0.29) is 34.6 Å². The molecule has 1 aliphatic rings. The van der Waals surface area contributed by atoms with Gasteiger partial charge >= 0.3 is 6.18 Å². The van der Waals surface area contributed by atoms with Gasteiger partial charge in [-0.1, -0.05) is 12.5 Å². The quantitative estimate of drug-likeness (QED) is 0.416. The molecule has 190 valence electrons. The minimum atomic E-state index is -4.57. The summed E-state index contributed by atoms with van der Waals surface area (Å²) in [4.78, 5) is 34.7. The SMILES string of the molecule is CC(c1ccc(C(F)(F)F)nc1)n1nc(C#N)c2c(=O)[nH]c(N(C)C(c3ncccn3)C3CCC3)nc21. The second-order valence-electron chi connectivity index (χ2n) is 9.00. The second kappa shape index (κ2) is 9.27. The molecular weight excluding hydrogens is 487 g/mol. The molecule has 0 bridgehead atoms. The van der Waals surface area contributed by atoms with Crippen LogP contribution in [0.3, 0.4) is 0 Å². The minimum absolute atomic E-state index is 0.00234. The number of fused-ring (bicyclic) bond motifs is 1. The lowest BCUT2D eigenvalue weighted by Gasteiger charge is -2.38. The van der Waals surface area contributed by atoms with E-state index in [1.54, 1.807) is 32.4 Å². The van der Waals surface area contributed by atoms with Gasteiger partial charge in [0.2, 0.25) is 5.95 Å². The van der Waals surface area contributed by atoms with Crippen LogP contribution >= 0.6 is 0 Å². The average Bonchev–Trinajstić information content (AvgIpc) is 3.24. The van der Waals surface area contributed by atoms with Gasteiger partial charge in [0.15, 0.2) is 17.2 Å². The number of aromatic amines is 1. The molecule has 0 radical (unpaired) electrons. The van der Waals surface area contributed by atoms with Gasteiger partial charge in [-0.15, -0.1) is 0 Å². The predicted octanol–water partition coefficient (Wildman–Crippen LogP) is 3.78. The van der Waals surface area contributed by atoms with E-state index in [1.807, 2.05) is 11.0 Å². The van der Waals surface area contributed by atoms with E-state index in [1.165, 1.54) is 10.7 Å². The zero-order chi connectivity index (χ0) is 26.3. The first-order valence-electron chi connectivity index (χ1n) is 11.6. The standard InChI is InChI=1S/C24H22F3N9O/c1-13(15-7-8-17(31-12-15)24(25,26)27)36-21-18(16(11-28)34-36)22(37)33-23(32-21)35(2)19(14-5-3-6-14)20-29-9-4-10-30-20/h4,7-10,12-14,19H,3,5-6H2,1-2H3,(H,32,33,37). The Morgan fingerprint density at radius 2 is 1.95 bits per heavy atom. The Morgan fingerprint density at radius 1 is 1.22 bits per heavy atom. The first-order valence-corrected chi connectivity index (χ1v) is 11.6. The molecule has 4 aromatic heterocycles. The van der Waals surface area contributed by atoms with E-state index < -0.39 is 23.5 Å². The summed E-state index contributed by atoms with van der Waals surface area (Å²) in [5.74, 6) is 1.11. The second-order valence-corrected chi connectivity index (χ2v) is 9.00. The third-order valence-electron chi connectivity index (χ3n) is 6.78. The minimum Gasteiger partial charge on any atom is -0.335 e. The number of nitrogens with one attached hydrogen (secondary N) is 1. The zero-order valence-corrected chi connectivity index (χ0v) is 19.9. The normalized spacial score (nSPS) is 15.7. The molecule has 0 saturated heterocycles. The van der Waals surface area contributed by atoms with Crippen molar-refractivity contribution >= 4 is 17.0 Å². The van der Waals surface area contributed by atoms with Crippen LogP contribution in [-0.2, 0) is 6.18 Å². The zero-order valence-electron chi connectivity index (χ0n) is 19.9. The summed E-state index contributed by atoms with van der Waals surface area (Å²) < 4.78 is 40.2. The van der Waals surface area contributed by atoms with Gasteiger partial charge in [0, 0.05) is 25.6 Å². The van der Waals surface area contributed by atoms with Gasteiger partial charge in [-0.2, -0.15) is 28.5 Å². The highest BCUT2D eigenvalue weighted by Crippen LogP contribution is 2.40. The molecule has 0 aliphatic heterocycles. The van der Waals surface area contributed by atoms with Crippen molar-refractivity contribution in [2.75, 3.05) is 11.9 Å². The number of nitrogens with zero attached hydrogens (tertiary/aromatic N) is 8. The van der Waals surface area contributed by atoms with Crippen molar-refractivity contribution < 1.29 is 13.2 Å². The number of alkyl halides is 3. The number of H-pyrrole nitrogens is 1. The van der Waals surface area contributed by atoms with Crippen LogP contribution in [0.2, 0.25) is 0 Å².